The van der Waals surface area contributed by atoms with E-state index < -0.39 is 11.6 Å². The summed E-state index contributed by atoms with van der Waals surface area (Å²) in [6.07, 6.45) is 3.70. The van der Waals surface area contributed by atoms with E-state index in [2.05, 4.69) is 0 Å². The zero-order valence-electron chi connectivity index (χ0n) is 20.4. The average Bonchev–Trinajstić information content (AvgIpc) is 2.90. The summed E-state index contributed by atoms with van der Waals surface area (Å²) in [6, 6.07) is 20.6. The minimum atomic E-state index is -0.489. The largest absolute Gasteiger partial charge is 0.497 e. The molecule has 4 rings (SSSR count). The lowest BCUT2D eigenvalue weighted by molar-refractivity contribution is 0.321. The maximum Gasteiger partial charge on any atom is 0.361 e. The molecule has 0 aliphatic carbocycles. The summed E-state index contributed by atoms with van der Waals surface area (Å²) in [5, 5.41) is 0. The van der Waals surface area contributed by atoms with Crippen LogP contribution in [-0.4, -0.2) is 20.3 Å². The monoisotopic (exact) mass is 489 g/mol. The van der Waals surface area contributed by atoms with Crippen molar-refractivity contribution in [3.8, 4) is 39.7 Å². The third kappa shape index (κ3) is 5.89. The molecule has 3 aromatic carbocycles. The van der Waals surface area contributed by atoms with Crippen molar-refractivity contribution in [1.82, 2.24) is 0 Å². The van der Waals surface area contributed by atoms with Crippen molar-refractivity contribution in [2.24, 2.45) is 0 Å². The van der Waals surface area contributed by atoms with Gasteiger partial charge in [0.1, 0.15) is 5.75 Å². The highest BCUT2D eigenvalue weighted by Crippen LogP contribution is 2.33. The van der Waals surface area contributed by atoms with E-state index in [1.807, 2.05) is 42.5 Å². The Kier molecular flexibility index (Phi) is 7.95. The van der Waals surface area contributed by atoms with Crippen LogP contribution in [0.4, 0.5) is 8.78 Å². The molecule has 0 aliphatic heterocycles. The fourth-order valence-electron chi connectivity index (χ4n) is 3.69. The lowest BCUT2D eigenvalue weighted by Crippen LogP contribution is -1.95. The number of benzene rings is 3. The first kappa shape index (κ1) is 24.9. The van der Waals surface area contributed by atoms with Crippen LogP contribution in [0.15, 0.2) is 77.2 Å². The van der Waals surface area contributed by atoms with Crippen molar-refractivity contribution < 1.29 is 27.4 Å². The number of methoxy groups -OCH3 is 1. The maximum absolute atomic E-state index is 14.6. The SMILES string of the molecule is CCOc1ccc(-c2cc(C=Cc3ccc(OC)cc3)[o+]c(-c3ccc(OCC)c(F)c3)c2)cc1F. The van der Waals surface area contributed by atoms with Crippen LogP contribution in [0.3, 0.4) is 0 Å². The van der Waals surface area contributed by atoms with Crippen molar-refractivity contribution >= 4 is 12.2 Å². The molecule has 0 bridgehead atoms. The molecule has 0 saturated heterocycles. The summed E-state index contributed by atoms with van der Waals surface area (Å²) in [5.74, 6) is 1.12. The Labute approximate surface area is 209 Å². The van der Waals surface area contributed by atoms with Crippen molar-refractivity contribution in [2.75, 3.05) is 20.3 Å². The Morgan fingerprint density at radius 1 is 0.694 bits per heavy atom. The molecule has 0 atom stereocenters. The Bertz CT molecular complexity index is 1290. The normalized spacial score (nSPS) is 11.0. The molecule has 0 fully saturated rings. The minimum absolute atomic E-state index is 0.172. The number of hydrogen-bond acceptors (Lipinski definition) is 3. The van der Waals surface area contributed by atoms with Gasteiger partial charge < -0.3 is 14.2 Å². The second-order valence-electron chi connectivity index (χ2n) is 7.88. The first-order chi connectivity index (χ1) is 17.5. The van der Waals surface area contributed by atoms with E-state index in [1.165, 1.54) is 12.1 Å². The Morgan fingerprint density at radius 3 is 1.89 bits per heavy atom. The highest BCUT2D eigenvalue weighted by Gasteiger charge is 2.20. The number of halogens is 2. The van der Waals surface area contributed by atoms with E-state index in [0.717, 1.165) is 11.3 Å². The number of rotatable bonds is 9. The Morgan fingerprint density at radius 2 is 1.31 bits per heavy atom. The van der Waals surface area contributed by atoms with Crippen LogP contribution in [0.2, 0.25) is 0 Å². The first-order valence-electron chi connectivity index (χ1n) is 11.7. The molecule has 0 radical (unpaired) electrons. The summed E-state index contributed by atoms with van der Waals surface area (Å²) >= 11 is 0. The van der Waals surface area contributed by atoms with E-state index in [-0.39, 0.29) is 11.5 Å². The number of hydrogen-bond donors (Lipinski definition) is 0. The van der Waals surface area contributed by atoms with Gasteiger partial charge in [-0.2, -0.15) is 0 Å². The van der Waals surface area contributed by atoms with Gasteiger partial charge in [0.05, 0.1) is 38.0 Å². The Hall–Kier alpha value is -4.19. The third-order valence-corrected chi connectivity index (χ3v) is 5.45. The zero-order chi connectivity index (χ0) is 25.5. The van der Waals surface area contributed by atoms with Crippen molar-refractivity contribution in [3.63, 3.8) is 0 Å². The molecule has 6 heteroatoms. The van der Waals surface area contributed by atoms with Gasteiger partial charge in [-0.25, -0.2) is 13.2 Å². The van der Waals surface area contributed by atoms with Gasteiger partial charge in [0, 0.05) is 11.6 Å². The standard InChI is InChI=1S/C30H27F2O4/c1-4-34-28-14-9-21(17-26(28)31)23-16-25(13-8-20-6-11-24(33-3)12-7-20)36-30(19-23)22-10-15-29(35-5-2)27(32)18-22/h6-19H,4-5H2,1-3H3/q+1. The van der Waals surface area contributed by atoms with Gasteiger partial charge in [-0.1, -0.05) is 18.2 Å². The second kappa shape index (κ2) is 11.5. The molecule has 184 valence electrons. The Balaban J connectivity index is 1.77. The molecule has 1 aromatic heterocycles. The van der Waals surface area contributed by atoms with E-state index in [1.54, 1.807) is 51.3 Å². The summed E-state index contributed by atoms with van der Waals surface area (Å²) < 4.78 is 51.2. The van der Waals surface area contributed by atoms with Crippen LogP contribution in [0, 0.1) is 11.6 Å². The molecule has 0 unspecified atom stereocenters. The lowest BCUT2D eigenvalue weighted by Gasteiger charge is -2.07. The average molecular weight is 490 g/mol. The third-order valence-electron chi connectivity index (χ3n) is 5.45. The van der Waals surface area contributed by atoms with Crippen LogP contribution in [-0.2, 0) is 0 Å². The first-order valence-corrected chi connectivity index (χ1v) is 11.7. The van der Waals surface area contributed by atoms with Gasteiger partial charge in [-0.3, -0.25) is 0 Å². The van der Waals surface area contributed by atoms with Crippen LogP contribution in [0.1, 0.15) is 25.2 Å². The van der Waals surface area contributed by atoms with Crippen LogP contribution < -0.4 is 14.2 Å². The summed E-state index contributed by atoms with van der Waals surface area (Å²) in [7, 11) is 1.62. The fourth-order valence-corrected chi connectivity index (χ4v) is 3.69. The van der Waals surface area contributed by atoms with E-state index in [4.69, 9.17) is 18.6 Å². The molecule has 4 nitrogen and oxygen atoms in total. The summed E-state index contributed by atoms with van der Waals surface area (Å²) in [4.78, 5) is 0. The zero-order valence-corrected chi connectivity index (χ0v) is 20.4. The summed E-state index contributed by atoms with van der Waals surface area (Å²) in [6.45, 7) is 4.33. The minimum Gasteiger partial charge on any atom is -0.497 e. The van der Waals surface area contributed by atoms with Crippen molar-refractivity contribution in [1.29, 1.82) is 0 Å². The molecule has 0 saturated carbocycles. The molecule has 1 heterocycles. The van der Waals surface area contributed by atoms with Crippen LogP contribution in [0.25, 0.3) is 34.6 Å². The van der Waals surface area contributed by atoms with Gasteiger partial charge in [0.15, 0.2) is 23.1 Å². The van der Waals surface area contributed by atoms with Gasteiger partial charge in [-0.05, 0) is 73.5 Å². The van der Waals surface area contributed by atoms with Gasteiger partial charge in [0.2, 0.25) is 0 Å². The number of ether oxygens (including phenoxy) is 3. The molecule has 4 aromatic rings. The summed E-state index contributed by atoms with van der Waals surface area (Å²) in [5.41, 5.74) is 2.82. The molecule has 0 aliphatic rings. The smallest absolute Gasteiger partial charge is 0.361 e. The maximum atomic E-state index is 14.6. The van der Waals surface area contributed by atoms with E-state index in [0.29, 0.717) is 41.4 Å². The highest BCUT2D eigenvalue weighted by atomic mass is 19.1. The van der Waals surface area contributed by atoms with Crippen LogP contribution in [0.5, 0.6) is 17.2 Å². The highest BCUT2D eigenvalue weighted by molar-refractivity contribution is 5.75. The molecular weight excluding hydrogens is 462 g/mol. The molecule has 36 heavy (non-hydrogen) atoms. The van der Waals surface area contributed by atoms with Crippen LogP contribution >= 0.6 is 0 Å². The van der Waals surface area contributed by atoms with Crippen molar-refractivity contribution in [3.05, 3.63) is 95.8 Å². The molecular formula is C30H27F2O4+. The molecule has 0 amide bonds. The molecule has 0 N–H and O–H groups in total. The quantitative estimate of drug-likeness (QED) is 0.222. The lowest BCUT2D eigenvalue weighted by atomic mass is 10.0. The van der Waals surface area contributed by atoms with E-state index >= 15 is 0 Å². The van der Waals surface area contributed by atoms with E-state index in [9.17, 15) is 8.78 Å². The second-order valence-corrected chi connectivity index (χ2v) is 7.88. The molecule has 0 spiro atoms. The predicted octanol–water partition coefficient (Wildman–Crippen LogP) is 8.15. The topological polar surface area (TPSA) is 39.0 Å². The van der Waals surface area contributed by atoms with Crippen molar-refractivity contribution in [2.45, 2.75) is 13.8 Å². The predicted molar refractivity (Wildman–Crippen MR) is 138 cm³/mol. The fraction of sp³-hybridized carbons (Fsp3) is 0.167. The van der Waals surface area contributed by atoms with Gasteiger partial charge in [0.25, 0.3) is 0 Å². The van der Waals surface area contributed by atoms with Gasteiger partial charge in [-0.15, -0.1) is 0 Å². The van der Waals surface area contributed by atoms with Gasteiger partial charge >= 0.3 is 11.5 Å².